The maximum atomic E-state index is 4.58. The van der Waals surface area contributed by atoms with E-state index in [2.05, 4.69) is 46.5 Å². The second kappa shape index (κ2) is 6.27. The summed E-state index contributed by atoms with van der Waals surface area (Å²) in [4.78, 5) is 9.06. The Kier molecular flexibility index (Phi) is 4.21. The summed E-state index contributed by atoms with van der Waals surface area (Å²) in [5.41, 5.74) is 2.31. The standard InChI is InChI=1S/C16H19N3S/c1-2-5-14-11-19-16(20-14)18-10-13-7-3-6-12-8-4-9-17-15(12)13/h3-4,6-9,14H,2,5,10-11H2,1H3,(H,18,19). The van der Waals surface area contributed by atoms with Crippen molar-refractivity contribution in [3.8, 4) is 0 Å². The Labute approximate surface area is 123 Å². The maximum Gasteiger partial charge on any atom is 0.157 e. The topological polar surface area (TPSA) is 37.3 Å². The highest BCUT2D eigenvalue weighted by Gasteiger charge is 2.18. The second-order valence-corrected chi connectivity index (χ2v) is 6.31. The zero-order valence-electron chi connectivity index (χ0n) is 11.7. The van der Waals surface area contributed by atoms with E-state index >= 15 is 0 Å². The van der Waals surface area contributed by atoms with E-state index in [9.17, 15) is 0 Å². The molecule has 0 amide bonds. The van der Waals surface area contributed by atoms with Gasteiger partial charge in [-0.25, -0.2) is 0 Å². The first-order valence-electron chi connectivity index (χ1n) is 7.14. The van der Waals surface area contributed by atoms with Crippen molar-refractivity contribution in [3.05, 3.63) is 42.1 Å². The zero-order valence-corrected chi connectivity index (χ0v) is 12.5. The van der Waals surface area contributed by atoms with Gasteiger partial charge in [0.2, 0.25) is 0 Å². The van der Waals surface area contributed by atoms with Gasteiger partial charge in [-0.2, -0.15) is 0 Å². The molecule has 1 N–H and O–H groups in total. The third kappa shape index (κ3) is 2.96. The molecule has 1 aliphatic rings. The van der Waals surface area contributed by atoms with Crippen molar-refractivity contribution in [1.82, 2.24) is 10.3 Å². The lowest BCUT2D eigenvalue weighted by Gasteiger charge is -2.09. The second-order valence-electron chi connectivity index (χ2n) is 5.02. The molecule has 4 heteroatoms. The summed E-state index contributed by atoms with van der Waals surface area (Å²) in [7, 11) is 0. The number of hydrogen-bond acceptors (Lipinski definition) is 4. The van der Waals surface area contributed by atoms with Gasteiger partial charge in [-0.15, -0.1) is 0 Å². The van der Waals surface area contributed by atoms with Crippen molar-refractivity contribution >= 4 is 27.8 Å². The van der Waals surface area contributed by atoms with Crippen molar-refractivity contribution in [2.24, 2.45) is 4.99 Å². The average molecular weight is 285 g/mol. The van der Waals surface area contributed by atoms with Gasteiger partial charge in [0.15, 0.2) is 5.17 Å². The van der Waals surface area contributed by atoms with Crippen LogP contribution < -0.4 is 5.32 Å². The number of nitrogens with zero attached hydrogens (tertiary/aromatic N) is 2. The molecule has 1 atom stereocenters. The first-order valence-corrected chi connectivity index (χ1v) is 8.02. The van der Waals surface area contributed by atoms with Gasteiger partial charge in [0.05, 0.1) is 12.1 Å². The van der Waals surface area contributed by atoms with Crippen LogP contribution in [0, 0.1) is 0 Å². The normalized spacial score (nSPS) is 18.2. The number of nitrogens with one attached hydrogen (secondary N) is 1. The number of aromatic nitrogens is 1. The fraction of sp³-hybridized carbons (Fsp3) is 0.375. The Hall–Kier alpha value is -1.55. The molecular formula is C16H19N3S. The van der Waals surface area contributed by atoms with Crippen LogP contribution >= 0.6 is 11.8 Å². The van der Waals surface area contributed by atoms with Gasteiger partial charge in [-0.1, -0.05) is 49.4 Å². The highest BCUT2D eigenvalue weighted by Crippen LogP contribution is 2.24. The van der Waals surface area contributed by atoms with Gasteiger partial charge in [0, 0.05) is 23.4 Å². The smallest absolute Gasteiger partial charge is 0.157 e. The molecule has 3 nitrogen and oxygen atoms in total. The molecule has 0 spiro atoms. The summed E-state index contributed by atoms with van der Waals surface area (Å²) in [5, 5.41) is 6.38. The van der Waals surface area contributed by atoms with E-state index in [4.69, 9.17) is 0 Å². The minimum Gasteiger partial charge on any atom is -0.361 e. The Morgan fingerprint density at radius 2 is 2.20 bits per heavy atom. The minimum absolute atomic E-state index is 0.660. The Bertz CT molecular complexity index is 619. The fourth-order valence-electron chi connectivity index (χ4n) is 2.47. The van der Waals surface area contributed by atoms with Crippen molar-refractivity contribution in [2.75, 3.05) is 6.54 Å². The van der Waals surface area contributed by atoms with Crippen molar-refractivity contribution in [2.45, 2.75) is 31.6 Å². The third-order valence-electron chi connectivity index (χ3n) is 3.47. The molecule has 0 aliphatic carbocycles. The van der Waals surface area contributed by atoms with Gasteiger partial charge in [-0.3, -0.25) is 9.98 Å². The van der Waals surface area contributed by atoms with E-state index in [0.717, 1.165) is 23.8 Å². The molecule has 0 bridgehead atoms. The van der Waals surface area contributed by atoms with Gasteiger partial charge < -0.3 is 5.32 Å². The minimum atomic E-state index is 0.660. The first kappa shape index (κ1) is 13.4. The molecule has 1 aliphatic heterocycles. The quantitative estimate of drug-likeness (QED) is 0.932. The van der Waals surface area contributed by atoms with Crippen LogP contribution in [0.1, 0.15) is 25.3 Å². The monoisotopic (exact) mass is 285 g/mol. The highest BCUT2D eigenvalue weighted by molar-refractivity contribution is 8.14. The molecule has 0 radical (unpaired) electrons. The van der Waals surface area contributed by atoms with E-state index < -0.39 is 0 Å². The van der Waals surface area contributed by atoms with Crippen LogP contribution in [0.15, 0.2) is 41.5 Å². The summed E-state index contributed by atoms with van der Waals surface area (Å²) in [6, 6.07) is 10.4. The maximum absolute atomic E-state index is 4.58. The Morgan fingerprint density at radius 1 is 1.30 bits per heavy atom. The predicted molar refractivity (Wildman–Crippen MR) is 87.2 cm³/mol. The average Bonchev–Trinajstić information content (AvgIpc) is 2.93. The van der Waals surface area contributed by atoms with Crippen LogP contribution in [-0.2, 0) is 6.54 Å². The number of para-hydroxylation sites is 1. The van der Waals surface area contributed by atoms with Crippen LogP contribution in [-0.4, -0.2) is 21.9 Å². The molecule has 2 aromatic rings. The summed E-state index contributed by atoms with van der Waals surface area (Å²) < 4.78 is 0. The van der Waals surface area contributed by atoms with Crippen molar-refractivity contribution in [1.29, 1.82) is 0 Å². The summed E-state index contributed by atoms with van der Waals surface area (Å²) >= 11 is 1.88. The lowest BCUT2D eigenvalue weighted by molar-refractivity contribution is 0.754. The number of rotatable bonds is 4. The Balaban J connectivity index is 1.66. The third-order valence-corrected chi connectivity index (χ3v) is 4.69. The van der Waals surface area contributed by atoms with Gasteiger partial charge in [0.1, 0.15) is 0 Å². The number of amidine groups is 1. The molecule has 0 saturated carbocycles. The lowest BCUT2D eigenvalue weighted by atomic mass is 10.1. The molecule has 20 heavy (non-hydrogen) atoms. The van der Waals surface area contributed by atoms with E-state index in [-0.39, 0.29) is 0 Å². The number of benzene rings is 1. The molecule has 0 saturated heterocycles. The number of hydrogen-bond donors (Lipinski definition) is 1. The number of fused-ring (bicyclic) bond motifs is 1. The molecule has 104 valence electrons. The van der Waals surface area contributed by atoms with Crippen molar-refractivity contribution < 1.29 is 0 Å². The highest BCUT2D eigenvalue weighted by atomic mass is 32.2. The predicted octanol–water partition coefficient (Wildman–Crippen LogP) is 3.60. The SMILES string of the molecule is CCCC1CN=C(NCc2cccc3cccnc23)S1. The van der Waals surface area contributed by atoms with Crippen LogP contribution in [0.5, 0.6) is 0 Å². The molecule has 2 heterocycles. The van der Waals surface area contributed by atoms with E-state index in [1.54, 1.807) is 0 Å². The van der Waals surface area contributed by atoms with E-state index in [0.29, 0.717) is 5.25 Å². The molecule has 3 rings (SSSR count). The van der Waals surface area contributed by atoms with Crippen LogP contribution in [0.2, 0.25) is 0 Å². The van der Waals surface area contributed by atoms with Crippen LogP contribution in [0.4, 0.5) is 0 Å². The molecule has 0 fully saturated rings. The first-order chi connectivity index (χ1) is 9.86. The van der Waals surface area contributed by atoms with Crippen molar-refractivity contribution in [3.63, 3.8) is 0 Å². The number of pyridine rings is 1. The fourth-order valence-corrected chi connectivity index (χ4v) is 3.59. The van der Waals surface area contributed by atoms with E-state index in [1.807, 2.05) is 24.0 Å². The van der Waals surface area contributed by atoms with Crippen LogP contribution in [0.25, 0.3) is 10.9 Å². The van der Waals surface area contributed by atoms with Gasteiger partial charge >= 0.3 is 0 Å². The van der Waals surface area contributed by atoms with E-state index in [1.165, 1.54) is 23.8 Å². The Morgan fingerprint density at radius 3 is 3.10 bits per heavy atom. The van der Waals surface area contributed by atoms with Gasteiger partial charge in [-0.05, 0) is 18.1 Å². The zero-order chi connectivity index (χ0) is 13.8. The molecule has 1 unspecified atom stereocenters. The van der Waals surface area contributed by atoms with Crippen LogP contribution in [0.3, 0.4) is 0 Å². The molecule has 1 aromatic heterocycles. The largest absolute Gasteiger partial charge is 0.361 e. The summed E-state index contributed by atoms with van der Waals surface area (Å²) in [6.45, 7) is 3.97. The molecular weight excluding hydrogens is 266 g/mol. The molecule has 1 aromatic carbocycles. The van der Waals surface area contributed by atoms with Gasteiger partial charge in [0.25, 0.3) is 0 Å². The lowest BCUT2D eigenvalue weighted by Crippen LogP contribution is -2.19. The number of aliphatic imine (C=N–C) groups is 1. The summed E-state index contributed by atoms with van der Waals surface area (Å²) in [5.74, 6) is 0. The number of thioether (sulfide) groups is 1. The summed E-state index contributed by atoms with van der Waals surface area (Å²) in [6.07, 6.45) is 4.33.